The number of carbonyl (C=O) groups is 1. The van der Waals surface area contributed by atoms with E-state index in [0.29, 0.717) is 46.8 Å². The van der Waals surface area contributed by atoms with Crippen LogP contribution in [0.1, 0.15) is 57.2 Å². The second-order valence-corrected chi connectivity index (χ2v) is 9.57. The molecule has 4 rings (SSSR count). The number of Topliss-reactive ketones (excluding diaryl/α,β-unsaturated/α-hetero) is 1. The second-order valence-electron chi connectivity index (χ2n) is 9.57. The number of aromatic nitrogens is 1. The highest BCUT2D eigenvalue weighted by atomic mass is 19.1. The van der Waals surface area contributed by atoms with Crippen LogP contribution in [0.15, 0.2) is 71.5 Å². The van der Waals surface area contributed by atoms with E-state index in [0.717, 1.165) is 16.8 Å². The lowest BCUT2D eigenvalue weighted by atomic mass is 9.89. The fourth-order valence-electron chi connectivity index (χ4n) is 4.63. The van der Waals surface area contributed by atoms with Crippen LogP contribution in [0.4, 0.5) is 4.39 Å². The van der Waals surface area contributed by atoms with Crippen molar-refractivity contribution in [1.82, 2.24) is 10.3 Å². The van der Waals surface area contributed by atoms with Crippen LogP contribution in [0.3, 0.4) is 0 Å². The summed E-state index contributed by atoms with van der Waals surface area (Å²) in [6.45, 7) is 7.42. The lowest BCUT2D eigenvalue weighted by molar-refractivity contribution is -0.115. The number of nitrogens with zero attached hydrogens (tertiary/aromatic N) is 3. The minimum absolute atomic E-state index is 0.00236. The summed E-state index contributed by atoms with van der Waals surface area (Å²) in [6, 6.07) is 17.8. The third kappa shape index (κ3) is 6.15. The van der Waals surface area contributed by atoms with E-state index in [1.54, 1.807) is 24.4 Å². The molecule has 1 aromatic heterocycles. The molecule has 0 amide bonds. The van der Waals surface area contributed by atoms with Gasteiger partial charge < -0.3 is 10.1 Å². The Balaban J connectivity index is 1.71. The van der Waals surface area contributed by atoms with Gasteiger partial charge in [0.2, 0.25) is 5.88 Å². The van der Waals surface area contributed by atoms with Crippen molar-refractivity contribution >= 4 is 17.2 Å². The number of rotatable bonds is 9. The Morgan fingerprint density at radius 3 is 2.55 bits per heavy atom. The van der Waals surface area contributed by atoms with E-state index < -0.39 is 0 Å². The van der Waals surface area contributed by atoms with Gasteiger partial charge in [-0.15, -0.1) is 0 Å². The number of nitriles is 1. The van der Waals surface area contributed by atoms with Crippen molar-refractivity contribution in [3.63, 3.8) is 0 Å². The number of hydrogen-bond donors (Lipinski definition) is 1. The lowest BCUT2D eigenvalue weighted by Gasteiger charge is -2.30. The highest BCUT2D eigenvalue weighted by molar-refractivity contribution is 6.02. The molecule has 0 spiro atoms. The molecule has 3 aromatic rings. The average Bonchev–Trinajstić information content (AvgIpc) is 2.89. The summed E-state index contributed by atoms with van der Waals surface area (Å²) in [4.78, 5) is 21.1. The summed E-state index contributed by atoms with van der Waals surface area (Å²) >= 11 is 0. The zero-order valence-electron chi connectivity index (χ0n) is 22.1. The molecule has 38 heavy (non-hydrogen) atoms. The molecule has 1 aliphatic heterocycles. The Hall–Kier alpha value is -4.31. The van der Waals surface area contributed by atoms with Crippen LogP contribution in [0.2, 0.25) is 0 Å². The van der Waals surface area contributed by atoms with Gasteiger partial charge in [0, 0.05) is 29.1 Å². The highest BCUT2D eigenvalue weighted by Gasteiger charge is 2.27. The predicted molar refractivity (Wildman–Crippen MR) is 147 cm³/mol. The van der Waals surface area contributed by atoms with Crippen LogP contribution >= 0.6 is 0 Å². The van der Waals surface area contributed by atoms with Crippen LogP contribution < -0.4 is 10.1 Å². The molecule has 0 saturated carbocycles. The smallest absolute Gasteiger partial charge is 0.213 e. The Labute approximate surface area is 222 Å². The lowest BCUT2D eigenvalue weighted by Crippen LogP contribution is -2.41. The molecule has 2 heterocycles. The molecule has 7 heteroatoms. The fraction of sp³-hybridized carbons (Fsp3) is 0.290. The van der Waals surface area contributed by atoms with Crippen molar-refractivity contribution in [3.8, 4) is 23.1 Å². The molecular formula is C31H31FN4O2. The van der Waals surface area contributed by atoms with Gasteiger partial charge in [0.15, 0.2) is 0 Å². The minimum atomic E-state index is -0.358. The summed E-state index contributed by atoms with van der Waals surface area (Å²) in [6.07, 6.45) is 2.92. The van der Waals surface area contributed by atoms with E-state index >= 15 is 4.39 Å². The first kappa shape index (κ1) is 26.7. The number of nitrogens with one attached hydrogen (secondary N) is 1. The number of ether oxygens (including phenoxy) is 1. The quantitative estimate of drug-likeness (QED) is 0.367. The van der Waals surface area contributed by atoms with Gasteiger partial charge in [-0.05, 0) is 68.5 Å². The zero-order chi connectivity index (χ0) is 27.2. The van der Waals surface area contributed by atoms with Gasteiger partial charge in [-0.1, -0.05) is 37.3 Å². The molecule has 0 saturated heterocycles. The number of aliphatic imine (C=N–C) groups is 1. The number of halogens is 1. The van der Waals surface area contributed by atoms with Crippen LogP contribution in [0.5, 0.6) is 5.88 Å². The van der Waals surface area contributed by atoms with Gasteiger partial charge in [-0.25, -0.2) is 14.4 Å². The summed E-state index contributed by atoms with van der Waals surface area (Å²) < 4.78 is 21.2. The Kier molecular flexibility index (Phi) is 8.32. The first-order valence-electron chi connectivity index (χ1n) is 12.8. The second kappa shape index (κ2) is 11.8. The van der Waals surface area contributed by atoms with Gasteiger partial charge in [0.1, 0.15) is 17.4 Å². The Bertz CT molecular complexity index is 1430. The summed E-state index contributed by atoms with van der Waals surface area (Å²) in [5.41, 5.74) is 4.97. The molecular weight excluding hydrogens is 479 g/mol. The minimum Gasteiger partial charge on any atom is -0.475 e. The SMILES string of the molecule is CCC1=C(c2ccc(OC(C)C)nc2)C(Cc2ccc(-c3ccccc3C#N)cc2F)NC(CC(C)=O)=N1. The molecule has 194 valence electrons. The first-order valence-corrected chi connectivity index (χ1v) is 12.8. The third-order valence-corrected chi connectivity index (χ3v) is 6.26. The zero-order valence-corrected chi connectivity index (χ0v) is 22.1. The van der Waals surface area contributed by atoms with Crippen molar-refractivity contribution in [2.45, 2.75) is 59.1 Å². The topological polar surface area (TPSA) is 87.4 Å². The molecule has 1 atom stereocenters. The van der Waals surface area contributed by atoms with E-state index in [9.17, 15) is 10.1 Å². The van der Waals surface area contributed by atoms with Crippen molar-refractivity contribution in [2.24, 2.45) is 4.99 Å². The number of pyridine rings is 1. The van der Waals surface area contributed by atoms with E-state index in [-0.39, 0.29) is 30.2 Å². The molecule has 1 N–H and O–H groups in total. The molecule has 6 nitrogen and oxygen atoms in total. The van der Waals surface area contributed by atoms with Gasteiger partial charge in [-0.3, -0.25) is 4.79 Å². The van der Waals surface area contributed by atoms with Crippen molar-refractivity contribution in [2.75, 3.05) is 0 Å². The maximum atomic E-state index is 15.5. The number of amidine groups is 1. The molecule has 0 aliphatic carbocycles. The van der Waals surface area contributed by atoms with E-state index in [1.807, 2.05) is 51.1 Å². The van der Waals surface area contributed by atoms with Crippen molar-refractivity contribution in [3.05, 3.63) is 89.0 Å². The van der Waals surface area contributed by atoms with E-state index in [4.69, 9.17) is 9.73 Å². The normalized spacial score (nSPS) is 15.1. The van der Waals surface area contributed by atoms with E-state index in [1.165, 1.54) is 13.0 Å². The van der Waals surface area contributed by atoms with Crippen LogP contribution in [0.25, 0.3) is 16.7 Å². The number of ketones is 1. The van der Waals surface area contributed by atoms with Crippen LogP contribution in [-0.4, -0.2) is 28.7 Å². The standard InChI is InChI=1S/C31H31FN4O2/c1-5-27-31(24-12-13-30(34-18-24)38-19(2)3)28(36-29(35-27)14-20(4)37)16-22-11-10-21(15-26(22)32)25-9-7-6-8-23(25)17-33/h6-13,15,18-19,28H,5,14,16H2,1-4H3,(H,35,36). The van der Waals surface area contributed by atoms with Gasteiger partial charge in [0.05, 0.1) is 30.2 Å². The maximum Gasteiger partial charge on any atom is 0.213 e. The molecule has 1 unspecified atom stereocenters. The molecule has 0 bridgehead atoms. The number of carbonyl (C=O) groups excluding carboxylic acids is 1. The molecule has 0 radical (unpaired) electrons. The van der Waals surface area contributed by atoms with Gasteiger partial charge in [0.25, 0.3) is 0 Å². The van der Waals surface area contributed by atoms with Gasteiger partial charge >= 0.3 is 0 Å². The van der Waals surface area contributed by atoms with Crippen LogP contribution in [0, 0.1) is 17.1 Å². The average molecular weight is 511 g/mol. The third-order valence-electron chi connectivity index (χ3n) is 6.26. The summed E-state index contributed by atoms with van der Waals surface area (Å²) in [5, 5.41) is 12.8. The van der Waals surface area contributed by atoms with Gasteiger partial charge in [-0.2, -0.15) is 5.26 Å². The summed E-state index contributed by atoms with van der Waals surface area (Å²) in [7, 11) is 0. The Morgan fingerprint density at radius 2 is 1.92 bits per heavy atom. The Morgan fingerprint density at radius 1 is 1.16 bits per heavy atom. The van der Waals surface area contributed by atoms with Crippen molar-refractivity contribution in [1.29, 1.82) is 5.26 Å². The largest absolute Gasteiger partial charge is 0.475 e. The fourth-order valence-corrected chi connectivity index (χ4v) is 4.63. The first-order chi connectivity index (χ1) is 18.3. The monoisotopic (exact) mass is 510 g/mol. The highest BCUT2D eigenvalue weighted by Crippen LogP contribution is 2.32. The maximum absolute atomic E-state index is 15.5. The molecule has 0 fully saturated rings. The number of hydrogen-bond acceptors (Lipinski definition) is 6. The number of allylic oxidation sites excluding steroid dienone is 1. The van der Waals surface area contributed by atoms with Crippen molar-refractivity contribution < 1.29 is 13.9 Å². The molecule has 1 aliphatic rings. The predicted octanol–water partition coefficient (Wildman–Crippen LogP) is 6.26. The van der Waals surface area contributed by atoms with Crippen LogP contribution in [-0.2, 0) is 11.2 Å². The molecule has 2 aromatic carbocycles. The van der Waals surface area contributed by atoms with E-state index in [2.05, 4.69) is 16.4 Å². The summed E-state index contributed by atoms with van der Waals surface area (Å²) in [5.74, 6) is 0.750. The number of benzene rings is 2.